The maximum Gasteiger partial charge on any atom is 0.263 e. The van der Waals surface area contributed by atoms with Crippen molar-refractivity contribution in [2.45, 2.75) is 19.3 Å². The molecule has 204 valence electrons. The third kappa shape index (κ3) is 3.22. The number of hydrogen-bond acceptors (Lipinski definition) is 1. The van der Waals surface area contributed by atoms with E-state index in [0.717, 1.165) is 33.1 Å². The van der Waals surface area contributed by atoms with Crippen LogP contribution in [0.1, 0.15) is 25.0 Å². The summed E-state index contributed by atoms with van der Waals surface area (Å²) in [6, 6.07) is 46.8. The van der Waals surface area contributed by atoms with Gasteiger partial charge in [-0.05, 0) is 82.2 Å². The molecule has 0 bridgehead atoms. The van der Waals surface area contributed by atoms with Gasteiger partial charge in [-0.2, -0.15) is 0 Å². The summed E-state index contributed by atoms with van der Waals surface area (Å²) in [5.41, 5.74) is 10.2. The molecule has 0 spiro atoms. The number of fused-ring (bicyclic) bond motifs is 9. The lowest BCUT2D eigenvalue weighted by Crippen LogP contribution is -2.20. The second-order valence-corrected chi connectivity index (χ2v) is 12.2. The molecule has 1 aliphatic carbocycles. The first-order valence-electron chi connectivity index (χ1n) is 14.8. The number of para-hydroxylation sites is 2. The Morgan fingerprint density at radius 3 is 1.65 bits per heavy atom. The molecule has 0 aliphatic heterocycles. The lowest BCUT2D eigenvalue weighted by atomic mass is 9.82. The predicted molar refractivity (Wildman–Crippen MR) is 179 cm³/mol. The van der Waals surface area contributed by atoms with Crippen molar-refractivity contribution in [1.82, 2.24) is 9.13 Å². The Balaban J connectivity index is 1.31. The number of benzene rings is 6. The zero-order valence-corrected chi connectivity index (χ0v) is 24.0. The van der Waals surface area contributed by atoms with Crippen LogP contribution in [0.4, 0.5) is 0 Å². The summed E-state index contributed by atoms with van der Waals surface area (Å²) in [7, 11) is 0. The van der Waals surface area contributed by atoms with E-state index in [1.807, 2.05) is 22.8 Å². The summed E-state index contributed by atoms with van der Waals surface area (Å²) in [5, 5.41) is 5.28. The van der Waals surface area contributed by atoms with Crippen LogP contribution >= 0.6 is 0 Å². The van der Waals surface area contributed by atoms with Crippen molar-refractivity contribution in [2.24, 2.45) is 0 Å². The smallest absolute Gasteiger partial charge is 0.263 e. The highest BCUT2D eigenvalue weighted by atomic mass is 16.1. The molecular formula is C40H28N2O. The van der Waals surface area contributed by atoms with Gasteiger partial charge in [-0.1, -0.05) is 92.7 Å². The highest BCUT2D eigenvalue weighted by Gasteiger charge is 2.36. The van der Waals surface area contributed by atoms with Crippen molar-refractivity contribution in [3.8, 4) is 22.5 Å². The van der Waals surface area contributed by atoms with Crippen LogP contribution in [0.2, 0.25) is 0 Å². The minimum atomic E-state index is -0.160. The van der Waals surface area contributed by atoms with E-state index in [0.29, 0.717) is 0 Å². The summed E-state index contributed by atoms with van der Waals surface area (Å²) in [5.74, 6) is 0. The van der Waals surface area contributed by atoms with E-state index < -0.39 is 0 Å². The molecule has 0 saturated heterocycles. The molecule has 8 aromatic rings. The quantitative estimate of drug-likeness (QED) is 0.196. The molecule has 0 radical (unpaired) electrons. The van der Waals surface area contributed by atoms with Crippen LogP contribution in [0, 0.1) is 0 Å². The van der Waals surface area contributed by atoms with E-state index in [4.69, 9.17) is 0 Å². The van der Waals surface area contributed by atoms with Crippen LogP contribution < -0.4 is 5.56 Å². The topological polar surface area (TPSA) is 26.9 Å². The van der Waals surface area contributed by atoms with Gasteiger partial charge in [-0.25, -0.2) is 0 Å². The van der Waals surface area contributed by atoms with Crippen molar-refractivity contribution < 1.29 is 0 Å². The Kier molecular flexibility index (Phi) is 4.82. The molecule has 9 rings (SSSR count). The molecular weight excluding hydrogens is 524 g/mol. The average Bonchev–Trinajstić information content (AvgIpc) is 3.50. The zero-order valence-electron chi connectivity index (χ0n) is 24.0. The van der Waals surface area contributed by atoms with Gasteiger partial charge in [0.1, 0.15) is 0 Å². The Labute approximate surface area is 248 Å². The molecule has 0 amide bonds. The molecule has 2 heterocycles. The van der Waals surface area contributed by atoms with Crippen LogP contribution in [-0.2, 0) is 5.41 Å². The molecule has 6 aromatic carbocycles. The molecule has 0 N–H and O–H groups in total. The maximum absolute atomic E-state index is 14.2. The van der Waals surface area contributed by atoms with Gasteiger partial charge < -0.3 is 4.57 Å². The fourth-order valence-electron chi connectivity index (χ4n) is 7.48. The molecule has 0 atom stereocenters. The lowest BCUT2D eigenvalue weighted by Gasteiger charge is -2.23. The molecule has 3 heteroatoms. The van der Waals surface area contributed by atoms with Gasteiger partial charge in [-0.3, -0.25) is 9.36 Å². The van der Waals surface area contributed by atoms with Gasteiger partial charge in [0.2, 0.25) is 0 Å². The summed E-state index contributed by atoms with van der Waals surface area (Å²) in [4.78, 5) is 14.2. The van der Waals surface area contributed by atoms with E-state index in [9.17, 15) is 4.79 Å². The van der Waals surface area contributed by atoms with Gasteiger partial charge >= 0.3 is 0 Å². The largest absolute Gasteiger partial charge is 0.309 e. The van der Waals surface area contributed by atoms with Gasteiger partial charge in [0.05, 0.1) is 16.6 Å². The summed E-state index contributed by atoms with van der Waals surface area (Å²) >= 11 is 0. The highest BCUT2D eigenvalue weighted by molar-refractivity contribution is 6.10. The van der Waals surface area contributed by atoms with Gasteiger partial charge in [0.25, 0.3) is 5.56 Å². The van der Waals surface area contributed by atoms with Crippen molar-refractivity contribution in [3.05, 3.63) is 155 Å². The highest BCUT2D eigenvalue weighted by Crippen LogP contribution is 2.50. The second kappa shape index (κ2) is 8.56. The van der Waals surface area contributed by atoms with Crippen LogP contribution in [0.3, 0.4) is 0 Å². The number of aromatic nitrogens is 2. The SMILES string of the molecule is CC1(C)c2ccccc2-c2cc3c4ccccc4c(=O)n(-c4ccc(-n5c6ccccc6c6ccccc65)cc4)c3cc21. The van der Waals surface area contributed by atoms with Crippen LogP contribution in [0.15, 0.2) is 138 Å². The number of rotatable bonds is 2. The molecule has 0 saturated carbocycles. The van der Waals surface area contributed by atoms with E-state index >= 15 is 0 Å². The van der Waals surface area contributed by atoms with Crippen LogP contribution in [0.25, 0.3) is 66.0 Å². The van der Waals surface area contributed by atoms with E-state index in [-0.39, 0.29) is 11.0 Å². The molecule has 0 unspecified atom stereocenters. The Hall–Kier alpha value is -5.41. The number of hydrogen-bond donors (Lipinski definition) is 0. The predicted octanol–water partition coefficient (Wildman–Crippen LogP) is 9.55. The van der Waals surface area contributed by atoms with Crippen molar-refractivity contribution in [1.29, 1.82) is 0 Å². The molecule has 0 fully saturated rings. The van der Waals surface area contributed by atoms with Crippen molar-refractivity contribution in [3.63, 3.8) is 0 Å². The molecule has 2 aromatic heterocycles. The maximum atomic E-state index is 14.2. The third-order valence-corrected chi connectivity index (χ3v) is 9.54. The molecule has 43 heavy (non-hydrogen) atoms. The standard InChI is InChI=1S/C40H28N2O/c1-40(2)34-16-8-5-12-28(34)32-23-33-27-11-3-4-15-31(27)39(43)42(38(33)24-35(32)40)26-21-19-25(20-22-26)41-36-17-9-6-13-29(36)30-14-7-10-18-37(30)41/h3-24H,1-2H3. The Morgan fingerprint density at radius 2 is 0.977 bits per heavy atom. The fourth-order valence-corrected chi connectivity index (χ4v) is 7.48. The zero-order chi connectivity index (χ0) is 28.9. The second-order valence-electron chi connectivity index (χ2n) is 12.2. The number of nitrogens with zero attached hydrogens (tertiary/aromatic N) is 2. The van der Waals surface area contributed by atoms with Crippen molar-refractivity contribution in [2.75, 3.05) is 0 Å². The minimum absolute atomic E-state index is 0.000908. The van der Waals surface area contributed by atoms with Gasteiger partial charge in [0.15, 0.2) is 0 Å². The minimum Gasteiger partial charge on any atom is -0.309 e. The Bertz CT molecular complexity index is 2440. The van der Waals surface area contributed by atoms with Crippen molar-refractivity contribution >= 4 is 43.5 Å². The fraction of sp³-hybridized carbons (Fsp3) is 0.0750. The van der Waals surface area contributed by atoms with Crippen LogP contribution in [0.5, 0.6) is 0 Å². The first kappa shape index (κ1) is 24.2. The average molecular weight is 553 g/mol. The molecule has 1 aliphatic rings. The first-order chi connectivity index (χ1) is 21.0. The monoisotopic (exact) mass is 552 g/mol. The third-order valence-electron chi connectivity index (χ3n) is 9.54. The van der Waals surface area contributed by atoms with E-state index in [2.05, 4.69) is 134 Å². The normalized spacial score (nSPS) is 13.6. The van der Waals surface area contributed by atoms with Gasteiger partial charge in [0, 0.05) is 38.3 Å². The Morgan fingerprint density at radius 1 is 0.442 bits per heavy atom. The number of pyridine rings is 1. The first-order valence-corrected chi connectivity index (χ1v) is 14.8. The summed E-state index contributed by atoms with van der Waals surface area (Å²) < 4.78 is 4.22. The van der Waals surface area contributed by atoms with Crippen LogP contribution in [-0.4, -0.2) is 9.13 Å². The summed E-state index contributed by atoms with van der Waals surface area (Å²) in [6.45, 7) is 4.57. The summed E-state index contributed by atoms with van der Waals surface area (Å²) in [6.07, 6.45) is 0. The molecule has 3 nitrogen and oxygen atoms in total. The van der Waals surface area contributed by atoms with Gasteiger partial charge in [-0.15, -0.1) is 0 Å². The lowest BCUT2D eigenvalue weighted by molar-refractivity contribution is 0.661. The van der Waals surface area contributed by atoms with E-state index in [1.165, 1.54) is 44.1 Å². The van der Waals surface area contributed by atoms with E-state index in [1.54, 1.807) is 0 Å².